The highest BCUT2D eigenvalue weighted by Gasteiger charge is 2.14. The van der Waals surface area contributed by atoms with Crippen LogP contribution in [0.3, 0.4) is 0 Å². The van der Waals surface area contributed by atoms with E-state index >= 15 is 0 Å². The highest BCUT2D eigenvalue weighted by atomic mass is 79.9. The van der Waals surface area contributed by atoms with E-state index in [1.54, 1.807) is 0 Å². The van der Waals surface area contributed by atoms with Gasteiger partial charge in [-0.3, -0.25) is 0 Å². The van der Waals surface area contributed by atoms with E-state index in [0.29, 0.717) is 0 Å². The Balaban J connectivity index is 1.45. The zero-order valence-corrected chi connectivity index (χ0v) is 22.3. The van der Waals surface area contributed by atoms with Crippen LogP contribution >= 0.6 is 15.9 Å². The Morgan fingerprint density at radius 1 is 0.368 bits per heavy atom. The van der Waals surface area contributed by atoms with E-state index in [4.69, 9.17) is 0 Å². The summed E-state index contributed by atoms with van der Waals surface area (Å²) in [6.07, 6.45) is 0. The van der Waals surface area contributed by atoms with E-state index in [9.17, 15) is 0 Å². The quantitative estimate of drug-likeness (QED) is 0.205. The van der Waals surface area contributed by atoms with Gasteiger partial charge < -0.3 is 4.57 Å². The lowest BCUT2D eigenvalue weighted by atomic mass is 9.97. The fourth-order valence-electron chi connectivity index (χ4n) is 5.41. The molecule has 6 aromatic carbocycles. The van der Waals surface area contributed by atoms with E-state index in [1.165, 1.54) is 60.9 Å². The second-order valence-corrected chi connectivity index (χ2v) is 10.5. The van der Waals surface area contributed by atoms with Gasteiger partial charge in [0.1, 0.15) is 0 Å². The average Bonchev–Trinajstić information content (AvgIpc) is 3.31. The first-order chi connectivity index (χ1) is 18.7. The number of rotatable bonds is 4. The fourth-order valence-corrected chi connectivity index (χ4v) is 5.81. The molecule has 1 nitrogen and oxygen atoms in total. The molecule has 0 aliphatic heterocycles. The molecule has 1 aromatic heterocycles. The number of aromatic nitrogens is 1. The van der Waals surface area contributed by atoms with Crippen molar-refractivity contribution in [3.05, 3.63) is 150 Å². The van der Waals surface area contributed by atoms with Crippen LogP contribution in [0.5, 0.6) is 0 Å². The highest BCUT2D eigenvalue weighted by molar-refractivity contribution is 9.10. The van der Waals surface area contributed by atoms with Gasteiger partial charge in [-0.15, -0.1) is 0 Å². The van der Waals surface area contributed by atoms with Crippen LogP contribution < -0.4 is 0 Å². The van der Waals surface area contributed by atoms with Crippen LogP contribution in [-0.4, -0.2) is 4.57 Å². The summed E-state index contributed by atoms with van der Waals surface area (Å²) < 4.78 is 3.46. The molecule has 0 saturated carbocycles. The third-order valence-electron chi connectivity index (χ3n) is 7.24. The van der Waals surface area contributed by atoms with Crippen molar-refractivity contribution < 1.29 is 0 Å². The smallest absolute Gasteiger partial charge is 0.0541 e. The van der Waals surface area contributed by atoms with Gasteiger partial charge >= 0.3 is 0 Å². The van der Waals surface area contributed by atoms with Crippen molar-refractivity contribution in [2.75, 3.05) is 0 Å². The van der Waals surface area contributed by atoms with Crippen LogP contribution in [-0.2, 0) is 0 Å². The summed E-state index contributed by atoms with van der Waals surface area (Å²) in [7, 11) is 0. The molecule has 0 aliphatic rings. The Morgan fingerprint density at radius 3 is 1.45 bits per heavy atom. The summed E-state index contributed by atoms with van der Waals surface area (Å²) >= 11 is 3.61. The predicted octanol–water partition coefficient (Wildman–Crippen LogP) is 10.5. The Hall–Kier alpha value is -4.40. The molecule has 180 valence electrons. The van der Waals surface area contributed by atoms with E-state index in [2.05, 4.69) is 166 Å². The number of hydrogen-bond acceptors (Lipinski definition) is 0. The number of nitrogens with zero attached hydrogens (tertiary/aromatic N) is 1. The Kier molecular flexibility index (Phi) is 5.68. The Bertz CT molecular complexity index is 1920. The first-order valence-corrected chi connectivity index (χ1v) is 13.6. The lowest BCUT2D eigenvalue weighted by Gasteiger charge is -2.09. The van der Waals surface area contributed by atoms with Gasteiger partial charge in [0.25, 0.3) is 0 Å². The first-order valence-electron chi connectivity index (χ1n) is 12.8. The molecule has 0 unspecified atom stereocenters. The second kappa shape index (κ2) is 9.48. The molecule has 1 heterocycles. The fraction of sp³-hybridized carbons (Fsp3) is 0. The van der Waals surface area contributed by atoms with E-state index < -0.39 is 0 Å². The van der Waals surface area contributed by atoms with Crippen molar-refractivity contribution >= 4 is 37.7 Å². The molecule has 7 rings (SSSR count). The van der Waals surface area contributed by atoms with E-state index in [-0.39, 0.29) is 0 Å². The third kappa shape index (κ3) is 4.04. The monoisotopic (exact) mass is 549 g/mol. The molecular formula is C36H24BrN. The molecule has 0 radical (unpaired) electrons. The summed E-state index contributed by atoms with van der Waals surface area (Å²) in [6, 6.07) is 52.3. The second-order valence-electron chi connectivity index (χ2n) is 9.59. The number of para-hydroxylation sites is 1. The van der Waals surface area contributed by atoms with Crippen molar-refractivity contribution in [2.24, 2.45) is 0 Å². The molecule has 0 N–H and O–H groups in total. The van der Waals surface area contributed by atoms with Gasteiger partial charge in [0, 0.05) is 20.9 Å². The van der Waals surface area contributed by atoms with Gasteiger partial charge in [-0.2, -0.15) is 0 Å². The predicted molar refractivity (Wildman–Crippen MR) is 165 cm³/mol. The first kappa shape index (κ1) is 22.8. The average molecular weight is 550 g/mol. The summed E-state index contributed by atoms with van der Waals surface area (Å²) in [5.74, 6) is 0. The number of halogens is 1. The van der Waals surface area contributed by atoms with Crippen LogP contribution in [0.15, 0.2) is 150 Å². The molecule has 0 bridgehead atoms. The molecular weight excluding hydrogens is 526 g/mol. The van der Waals surface area contributed by atoms with Crippen molar-refractivity contribution in [3.8, 4) is 39.1 Å². The van der Waals surface area contributed by atoms with Crippen LogP contribution in [0.25, 0.3) is 60.9 Å². The minimum Gasteiger partial charge on any atom is -0.309 e. The molecule has 0 fully saturated rings. The summed E-state index contributed by atoms with van der Waals surface area (Å²) in [5.41, 5.74) is 10.9. The van der Waals surface area contributed by atoms with Gasteiger partial charge in [-0.05, 0) is 88.0 Å². The Morgan fingerprint density at radius 2 is 0.842 bits per heavy atom. The van der Waals surface area contributed by atoms with Gasteiger partial charge in [-0.25, -0.2) is 0 Å². The topological polar surface area (TPSA) is 4.93 Å². The molecule has 0 saturated heterocycles. The standard InChI is InChI=1S/C36H24BrN/c37-31-14-8-13-28(22-31)26-11-7-12-27(21-26)30-18-20-36-34(24-30)33-23-29(25-9-3-1-4-10-25)17-19-35(33)38(36)32-15-5-2-6-16-32/h1-24H. The van der Waals surface area contributed by atoms with Crippen molar-refractivity contribution in [1.29, 1.82) is 0 Å². The van der Waals surface area contributed by atoms with Gasteiger partial charge in [0.2, 0.25) is 0 Å². The minimum atomic E-state index is 1.09. The van der Waals surface area contributed by atoms with Crippen molar-refractivity contribution in [3.63, 3.8) is 0 Å². The molecule has 38 heavy (non-hydrogen) atoms. The maximum Gasteiger partial charge on any atom is 0.0541 e. The zero-order chi connectivity index (χ0) is 25.5. The SMILES string of the molecule is Brc1cccc(-c2cccc(-c3ccc4c(c3)c3cc(-c5ccccc5)ccc3n4-c3ccccc3)c2)c1. The molecule has 0 spiro atoms. The maximum absolute atomic E-state index is 3.61. The summed E-state index contributed by atoms with van der Waals surface area (Å²) in [6.45, 7) is 0. The molecule has 7 aromatic rings. The van der Waals surface area contributed by atoms with Gasteiger partial charge in [-0.1, -0.05) is 107 Å². The third-order valence-corrected chi connectivity index (χ3v) is 7.73. The highest BCUT2D eigenvalue weighted by Crippen LogP contribution is 2.37. The van der Waals surface area contributed by atoms with Crippen molar-refractivity contribution in [2.45, 2.75) is 0 Å². The maximum atomic E-state index is 3.61. The zero-order valence-electron chi connectivity index (χ0n) is 20.7. The van der Waals surface area contributed by atoms with Crippen LogP contribution in [0.2, 0.25) is 0 Å². The molecule has 2 heteroatoms. The minimum absolute atomic E-state index is 1.09. The lowest BCUT2D eigenvalue weighted by molar-refractivity contribution is 1.18. The van der Waals surface area contributed by atoms with E-state index in [0.717, 1.165) is 4.47 Å². The largest absolute Gasteiger partial charge is 0.309 e. The lowest BCUT2D eigenvalue weighted by Crippen LogP contribution is -1.93. The number of fused-ring (bicyclic) bond motifs is 3. The summed E-state index contributed by atoms with van der Waals surface area (Å²) in [4.78, 5) is 0. The summed E-state index contributed by atoms with van der Waals surface area (Å²) in [5, 5.41) is 2.52. The van der Waals surface area contributed by atoms with Crippen LogP contribution in [0.4, 0.5) is 0 Å². The van der Waals surface area contributed by atoms with Gasteiger partial charge in [0.05, 0.1) is 11.0 Å². The molecule has 0 aliphatic carbocycles. The van der Waals surface area contributed by atoms with Crippen molar-refractivity contribution in [1.82, 2.24) is 4.57 Å². The van der Waals surface area contributed by atoms with Gasteiger partial charge in [0.15, 0.2) is 0 Å². The molecule has 0 amide bonds. The van der Waals surface area contributed by atoms with Crippen LogP contribution in [0, 0.1) is 0 Å². The normalized spacial score (nSPS) is 11.3. The Labute approximate surface area is 230 Å². The number of benzene rings is 6. The number of hydrogen-bond donors (Lipinski definition) is 0. The van der Waals surface area contributed by atoms with Crippen LogP contribution in [0.1, 0.15) is 0 Å². The van der Waals surface area contributed by atoms with E-state index in [1.807, 2.05) is 0 Å². The molecule has 0 atom stereocenters.